The third-order valence-corrected chi connectivity index (χ3v) is 3.77. The van der Waals surface area contributed by atoms with Gasteiger partial charge in [-0.25, -0.2) is 0 Å². The van der Waals surface area contributed by atoms with Crippen LogP contribution in [0.3, 0.4) is 0 Å². The Hall–Kier alpha value is -2.32. The van der Waals surface area contributed by atoms with Gasteiger partial charge in [-0.1, -0.05) is 0 Å². The summed E-state index contributed by atoms with van der Waals surface area (Å²) >= 11 is 1.48. The Kier molecular flexibility index (Phi) is 4.38. The molecule has 0 spiro atoms. The quantitative estimate of drug-likeness (QED) is 0.939. The number of nitriles is 1. The van der Waals surface area contributed by atoms with Crippen molar-refractivity contribution in [2.45, 2.75) is 6.54 Å². The minimum atomic E-state index is -0.00605. The van der Waals surface area contributed by atoms with Crippen molar-refractivity contribution in [1.82, 2.24) is 4.90 Å². The number of benzene rings is 1. The van der Waals surface area contributed by atoms with Gasteiger partial charge in [0.25, 0.3) is 5.91 Å². The third-order valence-electron chi connectivity index (χ3n) is 2.78. The minimum absolute atomic E-state index is 0.00605. The van der Waals surface area contributed by atoms with Crippen molar-refractivity contribution in [1.29, 1.82) is 5.26 Å². The van der Waals surface area contributed by atoms with E-state index in [9.17, 15) is 4.79 Å². The Bertz CT molecular complexity index is 638. The summed E-state index contributed by atoms with van der Waals surface area (Å²) in [5, 5.41) is 12.0. The van der Waals surface area contributed by atoms with E-state index < -0.39 is 0 Å². The molecule has 4 nitrogen and oxygen atoms in total. The lowest BCUT2D eigenvalue weighted by molar-refractivity contribution is 0.0827. The highest BCUT2D eigenvalue weighted by Crippen LogP contribution is 2.17. The van der Waals surface area contributed by atoms with E-state index in [1.807, 2.05) is 24.3 Å². The van der Waals surface area contributed by atoms with Crippen molar-refractivity contribution >= 4 is 22.9 Å². The average Bonchev–Trinajstić information content (AvgIpc) is 2.93. The van der Waals surface area contributed by atoms with Crippen LogP contribution in [-0.4, -0.2) is 24.9 Å². The zero-order valence-corrected chi connectivity index (χ0v) is 12.2. The van der Waals surface area contributed by atoms with Crippen LogP contribution in [0.4, 0.5) is 5.69 Å². The minimum Gasteiger partial charge on any atom is -0.380 e. The van der Waals surface area contributed by atoms with Crippen LogP contribution in [0.2, 0.25) is 0 Å². The molecule has 0 fully saturated rings. The smallest absolute Gasteiger partial charge is 0.253 e. The highest BCUT2D eigenvalue weighted by atomic mass is 32.1. The second-order valence-electron chi connectivity index (χ2n) is 4.51. The summed E-state index contributed by atoms with van der Waals surface area (Å²) in [5.74, 6) is -0.00605. The fourth-order valence-corrected chi connectivity index (χ4v) is 2.46. The van der Waals surface area contributed by atoms with E-state index in [0.29, 0.717) is 17.0 Å². The first-order valence-corrected chi connectivity index (χ1v) is 6.96. The molecule has 1 amide bonds. The first-order chi connectivity index (χ1) is 9.60. The van der Waals surface area contributed by atoms with Crippen molar-refractivity contribution in [3.05, 3.63) is 51.7 Å². The van der Waals surface area contributed by atoms with Gasteiger partial charge < -0.3 is 10.2 Å². The molecule has 0 atom stereocenters. The highest BCUT2D eigenvalue weighted by Gasteiger charge is 2.07. The highest BCUT2D eigenvalue weighted by molar-refractivity contribution is 7.12. The van der Waals surface area contributed by atoms with Crippen LogP contribution in [0.5, 0.6) is 0 Å². The molecule has 0 bridgehead atoms. The van der Waals surface area contributed by atoms with Gasteiger partial charge in [0, 0.05) is 36.8 Å². The number of nitrogens with zero attached hydrogens (tertiary/aromatic N) is 2. The summed E-state index contributed by atoms with van der Waals surface area (Å²) < 4.78 is 0. The van der Waals surface area contributed by atoms with Gasteiger partial charge in [0.1, 0.15) is 10.9 Å². The predicted molar refractivity (Wildman–Crippen MR) is 80.8 cm³/mol. The zero-order valence-electron chi connectivity index (χ0n) is 11.4. The predicted octanol–water partition coefficient (Wildman–Crippen LogP) is 2.93. The molecule has 20 heavy (non-hydrogen) atoms. The van der Waals surface area contributed by atoms with Crippen LogP contribution in [0.15, 0.2) is 36.4 Å². The average molecular weight is 285 g/mol. The lowest BCUT2D eigenvalue weighted by Crippen LogP contribution is -2.21. The van der Waals surface area contributed by atoms with Gasteiger partial charge in [-0.2, -0.15) is 5.26 Å². The Labute approximate surface area is 122 Å². The Morgan fingerprint density at radius 2 is 1.95 bits per heavy atom. The Morgan fingerprint density at radius 1 is 1.25 bits per heavy atom. The van der Waals surface area contributed by atoms with E-state index in [-0.39, 0.29) is 5.91 Å². The van der Waals surface area contributed by atoms with Crippen LogP contribution < -0.4 is 5.32 Å². The van der Waals surface area contributed by atoms with Gasteiger partial charge in [-0.05, 0) is 36.4 Å². The monoisotopic (exact) mass is 285 g/mol. The summed E-state index contributed by atoms with van der Waals surface area (Å²) in [6, 6.07) is 13.3. The molecular formula is C15H15N3OS. The topological polar surface area (TPSA) is 56.1 Å². The molecule has 0 aliphatic carbocycles. The van der Waals surface area contributed by atoms with Crippen molar-refractivity contribution in [2.24, 2.45) is 0 Å². The largest absolute Gasteiger partial charge is 0.380 e. The maximum absolute atomic E-state index is 11.7. The van der Waals surface area contributed by atoms with E-state index in [0.717, 1.165) is 10.6 Å². The SMILES string of the molecule is CN(C)C(=O)c1ccc(NCc2ccc(C#N)s2)cc1. The summed E-state index contributed by atoms with van der Waals surface area (Å²) in [6.07, 6.45) is 0. The fourth-order valence-electron chi connectivity index (χ4n) is 1.71. The third kappa shape index (κ3) is 3.37. The second kappa shape index (κ2) is 6.22. The van der Waals surface area contributed by atoms with Crippen molar-refractivity contribution in [3.8, 4) is 6.07 Å². The first-order valence-electron chi connectivity index (χ1n) is 6.14. The molecule has 0 unspecified atom stereocenters. The van der Waals surface area contributed by atoms with E-state index in [1.54, 1.807) is 31.1 Å². The lowest BCUT2D eigenvalue weighted by Gasteiger charge is -2.11. The van der Waals surface area contributed by atoms with Gasteiger partial charge in [0.15, 0.2) is 0 Å². The van der Waals surface area contributed by atoms with Gasteiger partial charge in [-0.3, -0.25) is 4.79 Å². The number of hydrogen-bond donors (Lipinski definition) is 1. The number of thiophene rings is 1. The molecular weight excluding hydrogens is 270 g/mol. The van der Waals surface area contributed by atoms with E-state index in [4.69, 9.17) is 5.26 Å². The summed E-state index contributed by atoms with van der Waals surface area (Å²) in [4.78, 5) is 15.1. The summed E-state index contributed by atoms with van der Waals surface area (Å²) in [5.41, 5.74) is 1.62. The summed E-state index contributed by atoms with van der Waals surface area (Å²) in [6.45, 7) is 0.674. The molecule has 1 heterocycles. The number of rotatable bonds is 4. The molecule has 0 radical (unpaired) electrons. The van der Waals surface area contributed by atoms with Crippen molar-refractivity contribution in [2.75, 3.05) is 19.4 Å². The zero-order chi connectivity index (χ0) is 14.5. The Morgan fingerprint density at radius 3 is 2.50 bits per heavy atom. The Balaban J connectivity index is 1.97. The molecule has 102 valence electrons. The normalized spacial score (nSPS) is 9.85. The number of carbonyl (C=O) groups excluding carboxylic acids is 1. The maximum Gasteiger partial charge on any atom is 0.253 e. The molecule has 1 aromatic carbocycles. The van der Waals surface area contributed by atoms with Crippen LogP contribution in [0, 0.1) is 11.3 Å². The van der Waals surface area contributed by atoms with E-state index >= 15 is 0 Å². The maximum atomic E-state index is 11.7. The number of anilines is 1. The summed E-state index contributed by atoms with van der Waals surface area (Å²) in [7, 11) is 3.47. The number of hydrogen-bond acceptors (Lipinski definition) is 4. The molecule has 1 N–H and O–H groups in total. The molecule has 0 aliphatic rings. The van der Waals surface area contributed by atoms with Gasteiger partial charge in [-0.15, -0.1) is 11.3 Å². The van der Waals surface area contributed by atoms with Gasteiger partial charge >= 0.3 is 0 Å². The second-order valence-corrected chi connectivity index (χ2v) is 5.68. The van der Waals surface area contributed by atoms with E-state index in [1.165, 1.54) is 11.3 Å². The molecule has 5 heteroatoms. The van der Waals surface area contributed by atoms with Crippen LogP contribution >= 0.6 is 11.3 Å². The molecule has 1 aromatic heterocycles. The van der Waals surface area contributed by atoms with Gasteiger partial charge in [0.05, 0.1) is 0 Å². The number of carbonyl (C=O) groups is 1. The molecule has 0 saturated heterocycles. The number of nitrogens with one attached hydrogen (secondary N) is 1. The first kappa shape index (κ1) is 14.1. The van der Waals surface area contributed by atoms with E-state index in [2.05, 4.69) is 11.4 Å². The van der Waals surface area contributed by atoms with Gasteiger partial charge in [0.2, 0.25) is 0 Å². The standard InChI is InChI=1S/C15H15N3OS/c1-18(2)15(19)11-3-5-12(6-4-11)17-10-14-8-7-13(9-16)20-14/h3-8,17H,10H2,1-2H3. The number of amides is 1. The van der Waals surface area contributed by atoms with Crippen LogP contribution in [0.25, 0.3) is 0 Å². The fraction of sp³-hybridized carbons (Fsp3) is 0.200. The molecule has 0 aliphatic heterocycles. The molecule has 2 aromatic rings. The van der Waals surface area contributed by atoms with Crippen molar-refractivity contribution in [3.63, 3.8) is 0 Å². The molecule has 0 saturated carbocycles. The van der Waals surface area contributed by atoms with Crippen molar-refractivity contribution < 1.29 is 4.79 Å². The van der Waals surface area contributed by atoms with Crippen LogP contribution in [0.1, 0.15) is 20.1 Å². The lowest BCUT2D eigenvalue weighted by atomic mass is 10.2. The van der Waals surface area contributed by atoms with Crippen LogP contribution in [-0.2, 0) is 6.54 Å². The molecule has 2 rings (SSSR count).